The molecule has 21 heavy (non-hydrogen) atoms. The van der Waals surface area contributed by atoms with Crippen LogP contribution in [0.3, 0.4) is 0 Å². The topological polar surface area (TPSA) is 30.5 Å². The Morgan fingerprint density at radius 2 is 1.67 bits per heavy atom. The predicted molar refractivity (Wildman–Crippen MR) is 83.8 cm³/mol. The first-order chi connectivity index (χ1) is 10.4. The predicted octanol–water partition coefficient (Wildman–Crippen LogP) is 4.18. The minimum Gasteiger partial charge on any atom is -0.454 e. The van der Waals surface area contributed by atoms with E-state index in [9.17, 15) is 0 Å². The van der Waals surface area contributed by atoms with Crippen LogP contribution in [0.15, 0.2) is 60.7 Å². The molecule has 0 saturated carbocycles. The van der Waals surface area contributed by atoms with Gasteiger partial charge in [-0.3, -0.25) is 0 Å². The maximum Gasteiger partial charge on any atom is 0.231 e. The molecular formula is C18H15NO2. The molecule has 1 N–H and O–H groups in total. The summed E-state index contributed by atoms with van der Waals surface area (Å²) in [6.45, 7) is 1.09. The highest BCUT2D eigenvalue weighted by molar-refractivity contribution is 5.83. The monoisotopic (exact) mass is 277 g/mol. The highest BCUT2D eigenvalue weighted by Gasteiger charge is 2.12. The summed E-state index contributed by atoms with van der Waals surface area (Å²) in [5, 5.41) is 5.95. The summed E-state index contributed by atoms with van der Waals surface area (Å²) in [4.78, 5) is 0. The van der Waals surface area contributed by atoms with Crippen LogP contribution in [0.25, 0.3) is 10.8 Å². The molecule has 0 spiro atoms. The minimum absolute atomic E-state index is 0.309. The van der Waals surface area contributed by atoms with Gasteiger partial charge in [0.15, 0.2) is 11.5 Å². The van der Waals surface area contributed by atoms with Crippen molar-refractivity contribution in [1.29, 1.82) is 0 Å². The lowest BCUT2D eigenvalue weighted by Crippen LogP contribution is -1.99. The first-order valence-electron chi connectivity index (χ1n) is 7.00. The van der Waals surface area contributed by atoms with E-state index in [2.05, 4.69) is 47.8 Å². The molecule has 3 aromatic rings. The van der Waals surface area contributed by atoms with Gasteiger partial charge >= 0.3 is 0 Å². The van der Waals surface area contributed by atoms with Crippen molar-refractivity contribution in [2.75, 3.05) is 12.1 Å². The smallest absolute Gasteiger partial charge is 0.231 e. The van der Waals surface area contributed by atoms with Gasteiger partial charge in [-0.2, -0.15) is 0 Å². The Bertz CT molecular complexity index is 798. The van der Waals surface area contributed by atoms with E-state index in [1.54, 1.807) is 0 Å². The molecule has 1 heterocycles. The molecular weight excluding hydrogens is 262 g/mol. The molecule has 1 aliphatic heterocycles. The Kier molecular flexibility index (Phi) is 2.89. The van der Waals surface area contributed by atoms with Crippen LogP contribution in [-0.2, 0) is 6.54 Å². The first-order valence-corrected chi connectivity index (χ1v) is 7.00. The second kappa shape index (κ2) is 5.02. The molecule has 3 heteroatoms. The highest BCUT2D eigenvalue weighted by Crippen LogP contribution is 2.34. The summed E-state index contributed by atoms with van der Waals surface area (Å²) in [7, 11) is 0. The van der Waals surface area contributed by atoms with Gasteiger partial charge in [0.25, 0.3) is 0 Å². The molecule has 0 unspecified atom stereocenters. The summed E-state index contributed by atoms with van der Waals surface area (Å²) in [5.41, 5.74) is 2.29. The van der Waals surface area contributed by atoms with Gasteiger partial charge < -0.3 is 14.8 Å². The molecule has 0 fully saturated rings. The van der Waals surface area contributed by atoms with E-state index in [-0.39, 0.29) is 0 Å². The van der Waals surface area contributed by atoms with E-state index in [0.717, 1.165) is 23.7 Å². The lowest BCUT2D eigenvalue weighted by molar-refractivity contribution is 0.174. The van der Waals surface area contributed by atoms with Crippen molar-refractivity contribution in [3.8, 4) is 11.5 Å². The van der Waals surface area contributed by atoms with Crippen LogP contribution in [-0.4, -0.2) is 6.79 Å². The molecule has 0 amide bonds. The zero-order chi connectivity index (χ0) is 14.1. The van der Waals surface area contributed by atoms with Gasteiger partial charge in [-0.05, 0) is 34.5 Å². The fourth-order valence-electron chi connectivity index (χ4n) is 2.56. The van der Waals surface area contributed by atoms with Gasteiger partial charge in [-0.25, -0.2) is 0 Å². The van der Waals surface area contributed by atoms with Crippen molar-refractivity contribution in [2.45, 2.75) is 6.54 Å². The third-order valence-corrected chi connectivity index (χ3v) is 3.68. The Labute approximate surface area is 123 Å². The van der Waals surface area contributed by atoms with Crippen molar-refractivity contribution in [1.82, 2.24) is 0 Å². The van der Waals surface area contributed by atoms with Gasteiger partial charge in [0, 0.05) is 18.3 Å². The number of hydrogen-bond acceptors (Lipinski definition) is 3. The van der Waals surface area contributed by atoms with Crippen molar-refractivity contribution in [3.63, 3.8) is 0 Å². The highest BCUT2D eigenvalue weighted by atomic mass is 16.7. The first kappa shape index (κ1) is 12.1. The van der Waals surface area contributed by atoms with Crippen LogP contribution < -0.4 is 14.8 Å². The van der Waals surface area contributed by atoms with Crippen LogP contribution in [0.5, 0.6) is 11.5 Å². The van der Waals surface area contributed by atoms with Crippen LogP contribution in [0.4, 0.5) is 5.69 Å². The quantitative estimate of drug-likeness (QED) is 0.779. The third kappa shape index (κ3) is 2.38. The van der Waals surface area contributed by atoms with Crippen molar-refractivity contribution in [2.24, 2.45) is 0 Å². The van der Waals surface area contributed by atoms with E-state index < -0.39 is 0 Å². The van der Waals surface area contributed by atoms with E-state index in [1.807, 2.05) is 18.2 Å². The lowest BCUT2D eigenvalue weighted by atomic mass is 10.1. The number of hydrogen-bond donors (Lipinski definition) is 1. The number of nitrogens with one attached hydrogen (secondary N) is 1. The van der Waals surface area contributed by atoms with E-state index >= 15 is 0 Å². The fourth-order valence-corrected chi connectivity index (χ4v) is 2.56. The van der Waals surface area contributed by atoms with Crippen LogP contribution in [0, 0.1) is 0 Å². The normalized spacial score (nSPS) is 12.6. The zero-order valence-electron chi connectivity index (χ0n) is 11.5. The Morgan fingerprint density at radius 1 is 0.810 bits per heavy atom. The van der Waals surface area contributed by atoms with E-state index in [0.29, 0.717) is 6.79 Å². The van der Waals surface area contributed by atoms with E-state index in [4.69, 9.17) is 9.47 Å². The maximum absolute atomic E-state index is 5.39. The van der Waals surface area contributed by atoms with Gasteiger partial charge in [0.2, 0.25) is 6.79 Å². The SMILES string of the molecule is c1ccc2cc(CNc3ccc4c(c3)OCO4)ccc2c1. The average molecular weight is 277 g/mol. The van der Waals surface area contributed by atoms with Gasteiger partial charge in [0.1, 0.15) is 0 Å². The van der Waals surface area contributed by atoms with Gasteiger partial charge in [-0.15, -0.1) is 0 Å². The largest absolute Gasteiger partial charge is 0.454 e. The second-order valence-electron chi connectivity index (χ2n) is 5.10. The van der Waals surface area contributed by atoms with Gasteiger partial charge in [0.05, 0.1) is 0 Å². The van der Waals surface area contributed by atoms with Gasteiger partial charge in [-0.1, -0.05) is 36.4 Å². The number of benzene rings is 3. The van der Waals surface area contributed by atoms with Crippen molar-refractivity contribution in [3.05, 3.63) is 66.2 Å². The second-order valence-corrected chi connectivity index (χ2v) is 5.10. The fraction of sp³-hybridized carbons (Fsp3) is 0.111. The Hall–Kier alpha value is -2.68. The summed E-state index contributed by atoms with van der Waals surface area (Å²) in [6, 6.07) is 20.8. The Balaban J connectivity index is 1.52. The number of rotatable bonds is 3. The number of anilines is 1. The minimum atomic E-state index is 0.309. The third-order valence-electron chi connectivity index (χ3n) is 3.68. The van der Waals surface area contributed by atoms with Crippen molar-refractivity contribution < 1.29 is 9.47 Å². The molecule has 0 saturated heterocycles. The molecule has 0 aliphatic carbocycles. The average Bonchev–Trinajstić information content (AvgIpc) is 3.00. The number of ether oxygens (including phenoxy) is 2. The molecule has 4 rings (SSSR count). The molecule has 0 radical (unpaired) electrons. The van der Waals surface area contributed by atoms with Crippen LogP contribution in [0.1, 0.15) is 5.56 Å². The molecule has 3 aromatic carbocycles. The molecule has 3 nitrogen and oxygen atoms in total. The summed E-state index contributed by atoms with van der Waals surface area (Å²) >= 11 is 0. The molecule has 1 aliphatic rings. The summed E-state index contributed by atoms with van der Waals surface area (Å²) < 4.78 is 10.7. The van der Waals surface area contributed by atoms with Crippen LogP contribution >= 0.6 is 0 Å². The summed E-state index contributed by atoms with van der Waals surface area (Å²) in [6.07, 6.45) is 0. The van der Waals surface area contributed by atoms with Crippen LogP contribution in [0.2, 0.25) is 0 Å². The lowest BCUT2D eigenvalue weighted by Gasteiger charge is -2.08. The molecule has 0 atom stereocenters. The molecule has 0 aromatic heterocycles. The standard InChI is InChI=1S/C18H15NO2/c1-2-4-15-9-13(5-6-14(15)3-1)11-19-16-7-8-17-18(10-16)21-12-20-17/h1-10,19H,11-12H2. The maximum atomic E-state index is 5.39. The van der Waals surface area contributed by atoms with Crippen molar-refractivity contribution >= 4 is 16.5 Å². The zero-order valence-corrected chi connectivity index (χ0v) is 11.5. The molecule has 0 bridgehead atoms. The molecule has 104 valence electrons. The Morgan fingerprint density at radius 3 is 2.62 bits per heavy atom. The summed E-state index contributed by atoms with van der Waals surface area (Å²) in [5.74, 6) is 1.62. The number of fused-ring (bicyclic) bond motifs is 2. The van der Waals surface area contributed by atoms with E-state index in [1.165, 1.54) is 16.3 Å².